The van der Waals surface area contributed by atoms with Crippen molar-refractivity contribution in [1.82, 2.24) is 0 Å². The van der Waals surface area contributed by atoms with E-state index in [1.165, 1.54) is 0 Å². The summed E-state index contributed by atoms with van der Waals surface area (Å²) in [6.07, 6.45) is 6.51. The Bertz CT molecular complexity index is 601. The van der Waals surface area contributed by atoms with Crippen LogP contribution in [-0.2, 0) is 4.79 Å². The Morgan fingerprint density at radius 2 is 2.29 bits per heavy atom. The maximum Gasteiger partial charge on any atom is 0.265 e. The molecule has 0 spiro atoms. The maximum atomic E-state index is 12.3. The summed E-state index contributed by atoms with van der Waals surface area (Å²) in [6, 6.07) is 5.21. The minimum Gasteiger partial charge on any atom is -0.482 e. The van der Waals surface area contributed by atoms with Crippen LogP contribution in [0.15, 0.2) is 18.2 Å². The average molecular weight is 285 g/mol. The Balaban J connectivity index is 2.35. The molecule has 110 valence electrons. The van der Waals surface area contributed by atoms with E-state index < -0.39 is 0 Å². The van der Waals surface area contributed by atoms with E-state index in [0.29, 0.717) is 30.0 Å². The van der Waals surface area contributed by atoms with Gasteiger partial charge in [0.1, 0.15) is 5.75 Å². The van der Waals surface area contributed by atoms with Gasteiger partial charge >= 0.3 is 0 Å². The molecule has 4 nitrogen and oxygen atoms in total. The number of carbonyl (C=O) groups is 2. The smallest absolute Gasteiger partial charge is 0.265 e. The number of ether oxygens (including phenoxy) is 1. The predicted octanol–water partition coefficient (Wildman–Crippen LogP) is 2.66. The van der Waals surface area contributed by atoms with Gasteiger partial charge in [-0.3, -0.25) is 9.59 Å². The largest absolute Gasteiger partial charge is 0.482 e. The molecular formula is C17H19NO3. The Labute approximate surface area is 125 Å². The van der Waals surface area contributed by atoms with E-state index in [1.807, 2.05) is 13.8 Å². The molecule has 1 aromatic rings. The van der Waals surface area contributed by atoms with Gasteiger partial charge in [-0.2, -0.15) is 0 Å². The number of terminal acetylenes is 1. The van der Waals surface area contributed by atoms with Gasteiger partial charge in [0.25, 0.3) is 5.91 Å². The van der Waals surface area contributed by atoms with Crippen LogP contribution in [0.3, 0.4) is 0 Å². The van der Waals surface area contributed by atoms with Gasteiger partial charge in [0.2, 0.25) is 0 Å². The van der Waals surface area contributed by atoms with Crippen molar-refractivity contribution in [3.8, 4) is 18.1 Å². The molecule has 0 aromatic heterocycles. The average Bonchev–Trinajstić information content (AvgIpc) is 2.49. The first-order valence-electron chi connectivity index (χ1n) is 7.13. The third kappa shape index (κ3) is 3.08. The molecule has 0 saturated carbocycles. The van der Waals surface area contributed by atoms with Gasteiger partial charge in [-0.1, -0.05) is 13.8 Å². The SMILES string of the molecule is C#CCC(C)C(=O)c1ccc2c(c1)N(CCC)C(=O)CO2. The fraction of sp³-hybridized carbons (Fsp3) is 0.412. The molecule has 0 N–H and O–H groups in total. The molecule has 1 aliphatic rings. The van der Waals surface area contributed by atoms with E-state index >= 15 is 0 Å². The molecule has 0 radical (unpaired) electrons. The van der Waals surface area contributed by atoms with Crippen molar-refractivity contribution in [2.75, 3.05) is 18.1 Å². The first-order chi connectivity index (χ1) is 10.1. The molecule has 1 heterocycles. The van der Waals surface area contributed by atoms with E-state index in [1.54, 1.807) is 23.1 Å². The molecule has 4 heteroatoms. The number of anilines is 1. The normalized spacial score (nSPS) is 14.9. The highest BCUT2D eigenvalue weighted by Gasteiger charge is 2.26. The number of hydrogen-bond acceptors (Lipinski definition) is 3. The van der Waals surface area contributed by atoms with Crippen LogP contribution in [0.5, 0.6) is 5.75 Å². The summed E-state index contributed by atoms with van der Waals surface area (Å²) in [6.45, 7) is 4.49. The molecule has 1 amide bonds. The Morgan fingerprint density at radius 1 is 1.52 bits per heavy atom. The number of Topliss-reactive ketones (excluding diaryl/α,β-unsaturated/α-hetero) is 1. The zero-order chi connectivity index (χ0) is 15.4. The minimum absolute atomic E-state index is 0.00905. The molecular weight excluding hydrogens is 266 g/mol. The zero-order valence-corrected chi connectivity index (χ0v) is 12.4. The summed E-state index contributed by atoms with van der Waals surface area (Å²) in [5.74, 6) is 2.83. The van der Waals surface area contributed by atoms with E-state index in [-0.39, 0.29) is 24.2 Å². The molecule has 0 bridgehead atoms. The third-order valence-electron chi connectivity index (χ3n) is 3.51. The number of rotatable bonds is 5. The molecule has 1 aliphatic heterocycles. The molecule has 0 aliphatic carbocycles. The molecule has 1 atom stereocenters. The van der Waals surface area contributed by atoms with Crippen LogP contribution in [0.1, 0.15) is 37.0 Å². The number of nitrogens with zero attached hydrogens (tertiary/aromatic N) is 1. The van der Waals surface area contributed by atoms with Gasteiger partial charge in [-0.15, -0.1) is 12.3 Å². The topological polar surface area (TPSA) is 46.6 Å². The Morgan fingerprint density at radius 3 is 2.95 bits per heavy atom. The Kier molecular flexibility index (Phi) is 4.64. The van der Waals surface area contributed by atoms with Crippen LogP contribution in [-0.4, -0.2) is 24.8 Å². The lowest BCUT2D eigenvalue weighted by molar-refractivity contribution is -0.121. The lowest BCUT2D eigenvalue weighted by Gasteiger charge is -2.29. The second-order valence-corrected chi connectivity index (χ2v) is 5.19. The van der Waals surface area contributed by atoms with Crippen molar-refractivity contribution < 1.29 is 14.3 Å². The highest BCUT2D eigenvalue weighted by atomic mass is 16.5. The first kappa shape index (κ1) is 15.1. The second kappa shape index (κ2) is 6.45. The second-order valence-electron chi connectivity index (χ2n) is 5.19. The van der Waals surface area contributed by atoms with Gasteiger partial charge in [0.15, 0.2) is 12.4 Å². The number of carbonyl (C=O) groups excluding carboxylic acids is 2. The molecule has 21 heavy (non-hydrogen) atoms. The maximum absolute atomic E-state index is 12.3. The summed E-state index contributed by atoms with van der Waals surface area (Å²) in [5, 5.41) is 0. The van der Waals surface area contributed by atoms with Gasteiger partial charge < -0.3 is 9.64 Å². The molecule has 0 fully saturated rings. The fourth-order valence-corrected chi connectivity index (χ4v) is 2.38. The fourth-order valence-electron chi connectivity index (χ4n) is 2.38. The molecule has 1 unspecified atom stereocenters. The predicted molar refractivity (Wildman–Crippen MR) is 81.5 cm³/mol. The summed E-state index contributed by atoms with van der Waals surface area (Å²) in [4.78, 5) is 26.0. The number of amides is 1. The summed E-state index contributed by atoms with van der Waals surface area (Å²) in [5.41, 5.74) is 1.24. The highest BCUT2D eigenvalue weighted by Crippen LogP contribution is 2.33. The standard InChI is InChI=1S/C17H19NO3/c1-4-6-12(3)17(20)13-7-8-15-14(10-13)18(9-5-2)16(19)11-21-15/h1,7-8,10,12H,5-6,9,11H2,2-3H3. The van der Waals surface area contributed by atoms with Gasteiger partial charge in [-0.25, -0.2) is 0 Å². The van der Waals surface area contributed by atoms with Crippen molar-refractivity contribution in [3.05, 3.63) is 23.8 Å². The number of ketones is 1. The van der Waals surface area contributed by atoms with E-state index in [4.69, 9.17) is 11.2 Å². The number of benzene rings is 1. The number of fused-ring (bicyclic) bond motifs is 1. The number of hydrogen-bond donors (Lipinski definition) is 0. The van der Waals surface area contributed by atoms with Crippen molar-refractivity contribution >= 4 is 17.4 Å². The molecule has 1 aromatic carbocycles. The van der Waals surface area contributed by atoms with Crippen molar-refractivity contribution in [1.29, 1.82) is 0 Å². The monoisotopic (exact) mass is 285 g/mol. The van der Waals surface area contributed by atoms with Crippen LogP contribution in [0.2, 0.25) is 0 Å². The highest BCUT2D eigenvalue weighted by molar-refractivity contribution is 6.02. The van der Waals surface area contributed by atoms with Crippen LogP contribution in [0.4, 0.5) is 5.69 Å². The van der Waals surface area contributed by atoms with Crippen LogP contribution in [0, 0.1) is 18.3 Å². The quantitative estimate of drug-likeness (QED) is 0.617. The Hall–Kier alpha value is -2.28. The first-order valence-corrected chi connectivity index (χ1v) is 7.13. The van der Waals surface area contributed by atoms with E-state index in [2.05, 4.69) is 5.92 Å². The van der Waals surface area contributed by atoms with E-state index in [9.17, 15) is 9.59 Å². The van der Waals surface area contributed by atoms with Crippen LogP contribution in [0.25, 0.3) is 0 Å². The van der Waals surface area contributed by atoms with Crippen LogP contribution >= 0.6 is 0 Å². The molecule has 2 rings (SSSR count). The van der Waals surface area contributed by atoms with Gasteiger partial charge in [0.05, 0.1) is 5.69 Å². The van der Waals surface area contributed by atoms with Gasteiger partial charge in [0, 0.05) is 24.4 Å². The van der Waals surface area contributed by atoms with Gasteiger partial charge in [-0.05, 0) is 24.6 Å². The van der Waals surface area contributed by atoms with Crippen LogP contribution < -0.4 is 9.64 Å². The van der Waals surface area contributed by atoms with E-state index in [0.717, 1.165) is 6.42 Å². The van der Waals surface area contributed by atoms with Crippen molar-refractivity contribution in [2.45, 2.75) is 26.7 Å². The zero-order valence-electron chi connectivity index (χ0n) is 12.4. The molecule has 0 saturated heterocycles. The summed E-state index contributed by atoms with van der Waals surface area (Å²) in [7, 11) is 0. The third-order valence-corrected chi connectivity index (χ3v) is 3.51. The summed E-state index contributed by atoms with van der Waals surface area (Å²) < 4.78 is 5.42. The minimum atomic E-state index is -0.229. The lowest BCUT2D eigenvalue weighted by atomic mass is 9.96. The lowest BCUT2D eigenvalue weighted by Crippen LogP contribution is -2.39. The summed E-state index contributed by atoms with van der Waals surface area (Å²) >= 11 is 0. The van der Waals surface area contributed by atoms with Crippen molar-refractivity contribution in [2.24, 2.45) is 5.92 Å². The van der Waals surface area contributed by atoms with Crippen molar-refractivity contribution in [3.63, 3.8) is 0 Å².